The van der Waals surface area contributed by atoms with E-state index in [2.05, 4.69) is 9.50 Å². The first-order valence-corrected chi connectivity index (χ1v) is 4.25. The summed E-state index contributed by atoms with van der Waals surface area (Å²) in [5, 5.41) is 2.63. The molecule has 0 rings (SSSR count). The molecular formula is C4H11NO4S. The maximum absolute atomic E-state index is 9.89. The molecule has 0 aliphatic carbocycles. The molecule has 0 amide bonds. The molecule has 0 saturated carbocycles. The Balaban J connectivity index is 3.21. The van der Waals surface area contributed by atoms with Crippen LogP contribution in [0.25, 0.3) is 0 Å². The van der Waals surface area contributed by atoms with Gasteiger partial charge in [0.25, 0.3) is 0 Å². The molecule has 0 spiro atoms. The molecule has 0 saturated heterocycles. The van der Waals surface area contributed by atoms with Crippen molar-refractivity contribution in [2.45, 2.75) is 13.3 Å². The number of hydrogen-bond donors (Lipinski definition) is 2. The van der Waals surface area contributed by atoms with Crippen LogP contribution in [0.5, 0.6) is 0 Å². The van der Waals surface area contributed by atoms with Crippen LogP contribution < -0.4 is 5.32 Å². The standard InChI is InChI=1S/C4H11NO4S/c1-2-3-5-4-9-10(6,7)8/h5H,2-4H2,1H3,(H,6,7,8). The van der Waals surface area contributed by atoms with Gasteiger partial charge in [-0.15, -0.1) is 0 Å². The molecule has 0 aliphatic heterocycles. The summed E-state index contributed by atoms with van der Waals surface area (Å²) in [6.45, 7) is 2.42. The maximum Gasteiger partial charge on any atom is 0.398 e. The van der Waals surface area contributed by atoms with E-state index in [-0.39, 0.29) is 6.73 Å². The van der Waals surface area contributed by atoms with Crippen molar-refractivity contribution < 1.29 is 17.2 Å². The molecule has 0 radical (unpaired) electrons. The predicted octanol–water partition coefficient (Wildman–Crippen LogP) is -0.237. The predicted molar refractivity (Wildman–Crippen MR) is 35.8 cm³/mol. The SMILES string of the molecule is CCCNCOS(=O)(=O)O. The second-order valence-corrected chi connectivity index (χ2v) is 2.78. The van der Waals surface area contributed by atoms with Crippen molar-refractivity contribution in [2.75, 3.05) is 13.3 Å². The van der Waals surface area contributed by atoms with Crippen LogP contribution in [0.3, 0.4) is 0 Å². The maximum atomic E-state index is 9.89. The van der Waals surface area contributed by atoms with Crippen LogP contribution in [0.15, 0.2) is 0 Å². The van der Waals surface area contributed by atoms with E-state index in [1.54, 1.807) is 0 Å². The Morgan fingerprint density at radius 1 is 1.60 bits per heavy atom. The van der Waals surface area contributed by atoms with Crippen molar-refractivity contribution in [1.29, 1.82) is 0 Å². The molecule has 0 atom stereocenters. The Morgan fingerprint density at radius 3 is 2.60 bits per heavy atom. The van der Waals surface area contributed by atoms with Crippen LogP contribution in [-0.2, 0) is 14.6 Å². The van der Waals surface area contributed by atoms with E-state index in [1.165, 1.54) is 0 Å². The van der Waals surface area contributed by atoms with E-state index in [0.717, 1.165) is 6.42 Å². The van der Waals surface area contributed by atoms with Crippen molar-refractivity contribution in [1.82, 2.24) is 5.32 Å². The first-order valence-electron chi connectivity index (χ1n) is 2.89. The Morgan fingerprint density at radius 2 is 2.20 bits per heavy atom. The average Bonchev–Trinajstić information content (AvgIpc) is 1.78. The topological polar surface area (TPSA) is 75.6 Å². The Bertz CT molecular complexity index is 164. The highest BCUT2D eigenvalue weighted by atomic mass is 32.3. The summed E-state index contributed by atoms with van der Waals surface area (Å²) >= 11 is 0. The molecular weight excluding hydrogens is 158 g/mol. The Hall–Kier alpha value is -0.170. The summed E-state index contributed by atoms with van der Waals surface area (Å²) in [6, 6.07) is 0. The van der Waals surface area contributed by atoms with Gasteiger partial charge in [-0.2, -0.15) is 8.42 Å². The van der Waals surface area contributed by atoms with Gasteiger partial charge in [0.1, 0.15) is 6.73 Å². The molecule has 0 aliphatic rings. The van der Waals surface area contributed by atoms with Gasteiger partial charge in [-0.05, 0) is 13.0 Å². The fraction of sp³-hybridized carbons (Fsp3) is 1.00. The molecule has 0 unspecified atom stereocenters. The summed E-state index contributed by atoms with van der Waals surface area (Å²) in [6.07, 6.45) is 0.884. The van der Waals surface area contributed by atoms with Gasteiger partial charge in [0.15, 0.2) is 0 Å². The molecule has 6 heteroatoms. The molecule has 62 valence electrons. The second-order valence-electron chi connectivity index (χ2n) is 1.69. The van der Waals surface area contributed by atoms with Crippen molar-refractivity contribution in [3.8, 4) is 0 Å². The quantitative estimate of drug-likeness (QED) is 0.337. The van der Waals surface area contributed by atoms with Gasteiger partial charge in [-0.1, -0.05) is 6.92 Å². The minimum Gasteiger partial charge on any atom is -0.293 e. The molecule has 0 fully saturated rings. The van der Waals surface area contributed by atoms with Gasteiger partial charge in [0, 0.05) is 0 Å². The zero-order valence-electron chi connectivity index (χ0n) is 5.70. The highest BCUT2D eigenvalue weighted by Crippen LogP contribution is 1.81. The first kappa shape index (κ1) is 9.83. The molecule has 0 aromatic carbocycles. The minimum atomic E-state index is -4.27. The first-order chi connectivity index (χ1) is 4.56. The molecule has 0 bridgehead atoms. The van der Waals surface area contributed by atoms with Crippen LogP contribution in [0, 0.1) is 0 Å². The zero-order chi connectivity index (χ0) is 8.04. The van der Waals surface area contributed by atoms with Crippen molar-refractivity contribution in [2.24, 2.45) is 0 Å². The van der Waals surface area contributed by atoms with Gasteiger partial charge in [-0.3, -0.25) is 9.87 Å². The highest BCUT2D eigenvalue weighted by molar-refractivity contribution is 7.80. The lowest BCUT2D eigenvalue weighted by molar-refractivity contribution is 0.247. The fourth-order valence-corrected chi connectivity index (χ4v) is 0.597. The van der Waals surface area contributed by atoms with Gasteiger partial charge in [0.2, 0.25) is 0 Å². The molecule has 0 heterocycles. The number of rotatable bonds is 5. The summed E-state index contributed by atoms with van der Waals surface area (Å²) < 4.78 is 31.8. The third-order valence-electron chi connectivity index (χ3n) is 0.737. The van der Waals surface area contributed by atoms with Crippen molar-refractivity contribution >= 4 is 10.4 Å². The van der Waals surface area contributed by atoms with Gasteiger partial charge < -0.3 is 0 Å². The molecule has 10 heavy (non-hydrogen) atoms. The summed E-state index contributed by atoms with van der Waals surface area (Å²) in [7, 11) is -4.27. The van der Waals surface area contributed by atoms with E-state index >= 15 is 0 Å². The summed E-state index contributed by atoms with van der Waals surface area (Å²) in [5.41, 5.74) is 0. The summed E-state index contributed by atoms with van der Waals surface area (Å²) in [4.78, 5) is 0. The van der Waals surface area contributed by atoms with Gasteiger partial charge in [-0.25, -0.2) is 4.18 Å². The van der Waals surface area contributed by atoms with Crippen molar-refractivity contribution in [3.05, 3.63) is 0 Å². The smallest absolute Gasteiger partial charge is 0.293 e. The Kier molecular flexibility index (Phi) is 4.54. The Labute approximate surface area is 60.3 Å². The number of nitrogens with one attached hydrogen (secondary N) is 1. The molecule has 0 aromatic heterocycles. The van der Waals surface area contributed by atoms with E-state index < -0.39 is 10.4 Å². The molecule has 5 nitrogen and oxygen atoms in total. The van der Waals surface area contributed by atoms with Crippen LogP contribution in [-0.4, -0.2) is 26.2 Å². The molecule has 2 N–H and O–H groups in total. The van der Waals surface area contributed by atoms with E-state index in [9.17, 15) is 8.42 Å². The monoisotopic (exact) mass is 169 g/mol. The zero-order valence-corrected chi connectivity index (χ0v) is 6.52. The van der Waals surface area contributed by atoms with Gasteiger partial charge >= 0.3 is 10.4 Å². The largest absolute Gasteiger partial charge is 0.398 e. The fourth-order valence-electron chi connectivity index (χ4n) is 0.365. The van der Waals surface area contributed by atoms with Crippen LogP contribution in [0.4, 0.5) is 0 Å². The average molecular weight is 169 g/mol. The van der Waals surface area contributed by atoms with E-state index in [4.69, 9.17) is 4.55 Å². The minimum absolute atomic E-state index is 0.174. The van der Waals surface area contributed by atoms with E-state index in [0.29, 0.717) is 6.54 Å². The third-order valence-corrected chi connectivity index (χ3v) is 1.15. The molecule has 0 aromatic rings. The second kappa shape index (κ2) is 4.62. The highest BCUT2D eigenvalue weighted by Gasteiger charge is 2.01. The van der Waals surface area contributed by atoms with Crippen LogP contribution >= 0.6 is 0 Å². The number of hydrogen-bond acceptors (Lipinski definition) is 4. The third kappa shape index (κ3) is 7.83. The summed E-state index contributed by atoms with van der Waals surface area (Å²) in [5.74, 6) is 0. The lowest BCUT2D eigenvalue weighted by Crippen LogP contribution is -2.21. The van der Waals surface area contributed by atoms with Gasteiger partial charge in [0.05, 0.1) is 0 Å². The lowest BCUT2D eigenvalue weighted by Gasteiger charge is -1.99. The normalized spacial score (nSPS) is 11.8. The van der Waals surface area contributed by atoms with E-state index in [1.807, 2.05) is 6.92 Å². The van der Waals surface area contributed by atoms with Crippen LogP contribution in [0.1, 0.15) is 13.3 Å². The lowest BCUT2D eigenvalue weighted by atomic mass is 10.5. The van der Waals surface area contributed by atoms with Crippen molar-refractivity contribution in [3.63, 3.8) is 0 Å². The van der Waals surface area contributed by atoms with Crippen LogP contribution in [0.2, 0.25) is 0 Å².